The summed E-state index contributed by atoms with van der Waals surface area (Å²) in [6, 6.07) is 11.3. The number of sulfonamides is 1. The zero-order chi connectivity index (χ0) is 16.2. The number of halogens is 1. The smallest absolute Gasteiger partial charge is 0.258 e. The van der Waals surface area contributed by atoms with Gasteiger partial charge in [-0.3, -0.25) is 10.1 Å². The van der Waals surface area contributed by atoms with Gasteiger partial charge in [-0.25, -0.2) is 4.83 Å². The van der Waals surface area contributed by atoms with E-state index in [1.54, 1.807) is 24.3 Å². The van der Waals surface area contributed by atoms with Gasteiger partial charge in [-0.15, -0.1) is 0 Å². The molecule has 0 atom stereocenters. The summed E-state index contributed by atoms with van der Waals surface area (Å²) in [5, 5.41) is 14.8. The Hall–Kier alpha value is -2.45. The van der Waals surface area contributed by atoms with Crippen molar-refractivity contribution in [3.63, 3.8) is 0 Å². The second-order valence-corrected chi connectivity index (χ2v) is 6.26. The summed E-state index contributed by atoms with van der Waals surface area (Å²) in [6.07, 6.45) is 1.28. The van der Waals surface area contributed by atoms with Crippen LogP contribution < -0.4 is 4.83 Å². The SMILES string of the molecule is O=[N+]([O-])c1cccc(S(=O)(=O)N/N=C/c2cccc(Cl)c2)c1. The number of hydrogen-bond acceptors (Lipinski definition) is 5. The summed E-state index contributed by atoms with van der Waals surface area (Å²) < 4.78 is 24.0. The highest BCUT2D eigenvalue weighted by atomic mass is 35.5. The van der Waals surface area contributed by atoms with Crippen molar-refractivity contribution in [1.82, 2.24) is 4.83 Å². The van der Waals surface area contributed by atoms with E-state index in [2.05, 4.69) is 5.10 Å². The number of nitrogens with one attached hydrogen (secondary N) is 1. The van der Waals surface area contributed by atoms with Gasteiger partial charge in [0.1, 0.15) is 0 Å². The largest absolute Gasteiger partial charge is 0.276 e. The molecule has 0 unspecified atom stereocenters. The summed E-state index contributed by atoms with van der Waals surface area (Å²) in [5.74, 6) is 0. The molecule has 2 aromatic rings. The van der Waals surface area contributed by atoms with Crippen LogP contribution in [-0.4, -0.2) is 19.6 Å². The first-order valence-corrected chi connectivity index (χ1v) is 7.79. The molecule has 0 aliphatic rings. The number of rotatable bonds is 5. The molecule has 0 spiro atoms. The van der Waals surface area contributed by atoms with E-state index in [0.29, 0.717) is 10.6 Å². The van der Waals surface area contributed by atoms with E-state index >= 15 is 0 Å². The maximum absolute atomic E-state index is 12.0. The molecular weight excluding hydrogens is 330 g/mol. The van der Waals surface area contributed by atoms with Crippen molar-refractivity contribution in [2.75, 3.05) is 0 Å². The van der Waals surface area contributed by atoms with Gasteiger partial charge in [-0.2, -0.15) is 13.5 Å². The zero-order valence-electron chi connectivity index (χ0n) is 11.0. The summed E-state index contributed by atoms with van der Waals surface area (Å²) in [6.45, 7) is 0. The monoisotopic (exact) mass is 339 g/mol. The molecule has 0 saturated heterocycles. The van der Waals surface area contributed by atoms with Crippen molar-refractivity contribution < 1.29 is 13.3 Å². The Balaban J connectivity index is 2.18. The van der Waals surface area contributed by atoms with Crippen LogP contribution in [0.3, 0.4) is 0 Å². The summed E-state index contributed by atoms with van der Waals surface area (Å²) in [4.78, 5) is 11.7. The van der Waals surface area contributed by atoms with Crippen LogP contribution in [0, 0.1) is 10.1 Å². The Bertz CT molecular complexity index is 837. The number of hydrogen-bond donors (Lipinski definition) is 1. The van der Waals surface area contributed by atoms with Gasteiger partial charge in [0.25, 0.3) is 15.7 Å². The molecule has 0 saturated carbocycles. The third-order valence-corrected chi connectivity index (χ3v) is 4.03. The van der Waals surface area contributed by atoms with Gasteiger partial charge >= 0.3 is 0 Å². The molecule has 0 aromatic heterocycles. The minimum atomic E-state index is -3.98. The van der Waals surface area contributed by atoms with Crippen molar-refractivity contribution in [2.45, 2.75) is 4.90 Å². The quantitative estimate of drug-likeness (QED) is 0.513. The predicted octanol–water partition coefficient (Wildman–Crippen LogP) is 2.56. The lowest BCUT2D eigenvalue weighted by molar-refractivity contribution is -0.385. The Morgan fingerprint density at radius 1 is 1.18 bits per heavy atom. The highest BCUT2D eigenvalue weighted by Crippen LogP contribution is 2.17. The van der Waals surface area contributed by atoms with E-state index in [1.165, 1.54) is 24.4 Å². The number of nitro benzene ring substituents is 1. The first kappa shape index (κ1) is 15.9. The third-order valence-electron chi connectivity index (χ3n) is 2.57. The fourth-order valence-corrected chi connectivity index (χ4v) is 2.60. The standard InChI is InChI=1S/C13H10ClN3O4S/c14-11-4-1-3-10(7-11)9-15-16-22(20,21)13-6-2-5-12(8-13)17(18)19/h1-9,16H/b15-9+. The fourth-order valence-electron chi connectivity index (χ4n) is 1.57. The zero-order valence-corrected chi connectivity index (χ0v) is 12.6. The van der Waals surface area contributed by atoms with Crippen LogP contribution in [0.15, 0.2) is 58.5 Å². The normalized spacial score (nSPS) is 11.5. The van der Waals surface area contributed by atoms with Gasteiger partial charge in [0.2, 0.25) is 0 Å². The van der Waals surface area contributed by atoms with Crippen LogP contribution in [0.25, 0.3) is 0 Å². The van der Waals surface area contributed by atoms with Crippen molar-refractivity contribution in [3.8, 4) is 0 Å². The Kier molecular flexibility index (Phi) is 4.74. The Morgan fingerprint density at radius 2 is 1.91 bits per heavy atom. The first-order chi connectivity index (χ1) is 10.4. The van der Waals surface area contributed by atoms with Crippen LogP contribution >= 0.6 is 11.6 Å². The van der Waals surface area contributed by atoms with Gasteiger partial charge in [0, 0.05) is 17.2 Å². The minimum Gasteiger partial charge on any atom is -0.258 e. The van der Waals surface area contributed by atoms with E-state index in [4.69, 9.17) is 11.6 Å². The fraction of sp³-hybridized carbons (Fsp3) is 0. The van der Waals surface area contributed by atoms with Gasteiger partial charge in [0.05, 0.1) is 16.0 Å². The maximum Gasteiger partial charge on any atom is 0.276 e. The van der Waals surface area contributed by atoms with Gasteiger partial charge in [-0.1, -0.05) is 29.8 Å². The second kappa shape index (κ2) is 6.54. The highest BCUT2D eigenvalue weighted by Gasteiger charge is 2.16. The minimum absolute atomic E-state index is 0.245. The summed E-state index contributed by atoms with van der Waals surface area (Å²) in [7, 11) is -3.98. The van der Waals surface area contributed by atoms with Crippen molar-refractivity contribution in [1.29, 1.82) is 0 Å². The molecule has 0 fully saturated rings. The molecule has 0 bridgehead atoms. The molecule has 2 rings (SSSR count). The van der Waals surface area contributed by atoms with Gasteiger partial charge < -0.3 is 0 Å². The third kappa shape index (κ3) is 4.03. The molecule has 22 heavy (non-hydrogen) atoms. The van der Waals surface area contributed by atoms with E-state index < -0.39 is 14.9 Å². The molecule has 0 heterocycles. The molecule has 2 aromatic carbocycles. The average Bonchev–Trinajstić information content (AvgIpc) is 2.47. The Labute approximate surface area is 131 Å². The lowest BCUT2D eigenvalue weighted by Gasteiger charge is -2.03. The van der Waals surface area contributed by atoms with Gasteiger partial charge in [0.15, 0.2) is 0 Å². The number of non-ortho nitro benzene ring substituents is 1. The lowest BCUT2D eigenvalue weighted by Crippen LogP contribution is -2.18. The molecule has 7 nitrogen and oxygen atoms in total. The highest BCUT2D eigenvalue weighted by molar-refractivity contribution is 7.89. The summed E-state index contributed by atoms with van der Waals surface area (Å²) >= 11 is 5.79. The van der Waals surface area contributed by atoms with Crippen LogP contribution in [0.4, 0.5) is 5.69 Å². The van der Waals surface area contributed by atoms with Crippen LogP contribution in [0.1, 0.15) is 5.56 Å². The van der Waals surface area contributed by atoms with E-state index in [9.17, 15) is 18.5 Å². The first-order valence-electron chi connectivity index (χ1n) is 5.93. The summed E-state index contributed by atoms with van der Waals surface area (Å²) in [5.41, 5.74) is 0.288. The van der Waals surface area contributed by atoms with Crippen LogP contribution in [-0.2, 0) is 10.0 Å². The van der Waals surface area contributed by atoms with Crippen LogP contribution in [0.2, 0.25) is 5.02 Å². The molecule has 0 aliphatic carbocycles. The topological polar surface area (TPSA) is 102 Å². The van der Waals surface area contributed by atoms with E-state index in [1.807, 2.05) is 4.83 Å². The second-order valence-electron chi connectivity index (χ2n) is 4.16. The van der Waals surface area contributed by atoms with Crippen molar-refractivity contribution in [2.24, 2.45) is 5.10 Å². The van der Waals surface area contributed by atoms with Crippen molar-refractivity contribution >= 4 is 33.5 Å². The van der Waals surface area contributed by atoms with E-state index in [-0.39, 0.29) is 10.6 Å². The number of nitro groups is 1. The molecule has 9 heteroatoms. The Morgan fingerprint density at radius 3 is 2.59 bits per heavy atom. The maximum atomic E-state index is 12.0. The van der Waals surface area contributed by atoms with Gasteiger partial charge in [-0.05, 0) is 23.8 Å². The molecule has 1 N–H and O–H groups in total. The number of benzene rings is 2. The number of nitrogens with zero attached hydrogens (tertiary/aromatic N) is 2. The van der Waals surface area contributed by atoms with E-state index in [0.717, 1.165) is 6.07 Å². The lowest BCUT2D eigenvalue weighted by atomic mass is 10.2. The molecule has 0 amide bonds. The molecule has 0 aliphatic heterocycles. The average molecular weight is 340 g/mol. The molecule has 0 radical (unpaired) electrons. The number of hydrazone groups is 1. The molecule has 114 valence electrons. The molecular formula is C13H10ClN3O4S. The van der Waals surface area contributed by atoms with Crippen LogP contribution in [0.5, 0.6) is 0 Å². The predicted molar refractivity (Wildman–Crippen MR) is 82.5 cm³/mol. The van der Waals surface area contributed by atoms with Crippen molar-refractivity contribution in [3.05, 3.63) is 69.2 Å².